The molecule has 3 atom stereocenters. The summed E-state index contributed by atoms with van der Waals surface area (Å²) in [6.45, 7) is 12.6. The maximum absolute atomic E-state index is 15.6. The van der Waals surface area contributed by atoms with Crippen LogP contribution >= 0.6 is 0 Å². The SMILES string of the molecule is C=CC(=O)N1CC2(CCN(c3nc4c(c(-c5c(F)cccc5[C@H](C)O)c3C#N)C[C@H]3C[C@@H]4C3(C)C)C2)C1. The van der Waals surface area contributed by atoms with E-state index in [0.717, 1.165) is 37.1 Å². The molecular weight excluding hydrogens is 467 g/mol. The molecule has 2 bridgehead atoms. The summed E-state index contributed by atoms with van der Waals surface area (Å²) in [5, 5.41) is 21.1. The molecule has 0 unspecified atom stereocenters. The molecule has 3 fully saturated rings. The zero-order valence-electron chi connectivity index (χ0n) is 21.7. The largest absolute Gasteiger partial charge is 0.389 e. The molecule has 1 spiro atoms. The fourth-order valence-electron chi connectivity index (χ4n) is 7.38. The van der Waals surface area contributed by atoms with Crippen molar-refractivity contribution < 1.29 is 14.3 Å². The van der Waals surface area contributed by atoms with Gasteiger partial charge < -0.3 is 14.9 Å². The summed E-state index contributed by atoms with van der Waals surface area (Å²) in [6.07, 6.45) is 3.19. The van der Waals surface area contributed by atoms with E-state index in [1.807, 2.05) is 0 Å². The van der Waals surface area contributed by atoms with E-state index in [4.69, 9.17) is 4.98 Å². The third kappa shape index (κ3) is 3.38. The zero-order chi connectivity index (χ0) is 26.3. The lowest BCUT2D eigenvalue weighted by Gasteiger charge is -2.57. The number of likely N-dealkylation sites (tertiary alicyclic amines) is 1. The van der Waals surface area contributed by atoms with Crippen LogP contribution < -0.4 is 4.90 Å². The molecule has 37 heavy (non-hydrogen) atoms. The molecule has 3 heterocycles. The van der Waals surface area contributed by atoms with E-state index < -0.39 is 11.9 Å². The number of hydrogen-bond acceptors (Lipinski definition) is 5. The second-order valence-corrected chi connectivity index (χ2v) is 12.1. The smallest absolute Gasteiger partial charge is 0.245 e. The average molecular weight is 501 g/mol. The zero-order valence-corrected chi connectivity index (χ0v) is 21.7. The number of aliphatic hydroxyl groups excluding tert-OH is 1. The maximum atomic E-state index is 15.6. The van der Waals surface area contributed by atoms with Gasteiger partial charge in [-0.2, -0.15) is 5.26 Å². The highest BCUT2D eigenvalue weighted by atomic mass is 19.1. The highest BCUT2D eigenvalue weighted by Gasteiger charge is 2.55. The number of amides is 1. The normalized spacial score (nSPS) is 25.1. The molecule has 2 aliphatic heterocycles. The third-order valence-corrected chi connectivity index (χ3v) is 9.70. The van der Waals surface area contributed by atoms with Crippen molar-refractivity contribution in [1.29, 1.82) is 5.26 Å². The van der Waals surface area contributed by atoms with Crippen LogP contribution in [0.15, 0.2) is 30.9 Å². The van der Waals surface area contributed by atoms with Crippen LogP contribution in [0.4, 0.5) is 10.2 Å². The predicted octanol–water partition coefficient (Wildman–Crippen LogP) is 4.72. The second kappa shape index (κ2) is 8.13. The first-order chi connectivity index (χ1) is 17.6. The van der Waals surface area contributed by atoms with Gasteiger partial charge in [-0.1, -0.05) is 32.6 Å². The molecule has 1 N–H and O–H groups in total. The molecule has 7 rings (SSSR count). The van der Waals surface area contributed by atoms with Crippen molar-refractivity contribution in [1.82, 2.24) is 9.88 Å². The Balaban J connectivity index is 1.51. The number of nitrogens with zero attached hydrogens (tertiary/aromatic N) is 4. The topological polar surface area (TPSA) is 80.5 Å². The molecular formula is C30H33FN4O2. The first kappa shape index (κ1) is 24.1. The number of halogens is 1. The van der Waals surface area contributed by atoms with Crippen LogP contribution in [-0.4, -0.2) is 47.1 Å². The van der Waals surface area contributed by atoms with E-state index in [-0.39, 0.29) is 22.7 Å². The van der Waals surface area contributed by atoms with E-state index in [1.165, 1.54) is 12.1 Å². The molecule has 2 saturated heterocycles. The number of rotatable bonds is 4. The summed E-state index contributed by atoms with van der Waals surface area (Å²) >= 11 is 0. The van der Waals surface area contributed by atoms with Crippen LogP contribution in [0.1, 0.15) is 68.0 Å². The molecule has 5 aliphatic rings. The van der Waals surface area contributed by atoms with Crippen molar-refractivity contribution in [3.05, 3.63) is 59.1 Å². The molecule has 1 saturated carbocycles. The van der Waals surface area contributed by atoms with Crippen LogP contribution in [0, 0.1) is 33.9 Å². The van der Waals surface area contributed by atoms with Gasteiger partial charge in [0.1, 0.15) is 23.3 Å². The highest BCUT2D eigenvalue weighted by molar-refractivity contribution is 5.88. The monoisotopic (exact) mass is 500 g/mol. The Kier molecular flexibility index (Phi) is 5.30. The van der Waals surface area contributed by atoms with Gasteiger partial charge in [0.25, 0.3) is 0 Å². The van der Waals surface area contributed by atoms with Crippen molar-refractivity contribution >= 4 is 11.7 Å². The number of hydrogen-bond donors (Lipinski definition) is 1. The Labute approximate surface area is 217 Å². The number of anilines is 1. The van der Waals surface area contributed by atoms with Gasteiger partial charge in [0.15, 0.2) is 0 Å². The van der Waals surface area contributed by atoms with Crippen molar-refractivity contribution in [2.75, 3.05) is 31.1 Å². The number of carbonyl (C=O) groups is 1. The first-order valence-corrected chi connectivity index (χ1v) is 13.2. The maximum Gasteiger partial charge on any atom is 0.245 e. The van der Waals surface area contributed by atoms with Gasteiger partial charge in [0.05, 0.1) is 11.8 Å². The van der Waals surface area contributed by atoms with Crippen molar-refractivity contribution in [2.24, 2.45) is 16.7 Å². The number of pyridine rings is 1. The number of aliphatic hydroxyl groups is 1. The summed E-state index contributed by atoms with van der Waals surface area (Å²) in [4.78, 5) is 21.2. The molecule has 7 heteroatoms. The number of carbonyl (C=O) groups excluding carboxylic acids is 1. The van der Waals surface area contributed by atoms with E-state index in [0.29, 0.717) is 53.6 Å². The molecule has 0 radical (unpaired) electrons. The minimum absolute atomic E-state index is 0.0211. The molecule has 2 aromatic rings. The summed E-state index contributed by atoms with van der Waals surface area (Å²) in [5.41, 5.74) is 3.85. The van der Waals surface area contributed by atoms with Gasteiger partial charge in [-0.05, 0) is 60.8 Å². The predicted molar refractivity (Wildman–Crippen MR) is 139 cm³/mol. The standard InChI is InChI=1S/C30H33FN4O2/c1-5-24(37)35-15-30(16-35)9-10-34(14-30)28-21(13-32)25(26-19(17(2)36)7-6-8-23(26)31)20-11-18-12-22(27(20)33-28)29(18,3)4/h5-8,17-18,22,36H,1,9-12,14-16H2,2-4H3/t17-,18-,22-/m0/s1. The van der Waals surface area contributed by atoms with Crippen LogP contribution in [-0.2, 0) is 11.2 Å². The highest BCUT2D eigenvalue weighted by Crippen LogP contribution is 2.63. The Morgan fingerprint density at radius 3 is 2.73 bits per heavy atom. The minimum atomic E-state index is -0.877. The summed E-state index contributed by atoms with van der Waals surface area (Å²) in [6, 6.07) is 7.17. The van der Waals surface area contributed by atoms with Crippen LogP contribution in [0.2, 0.25) is 0 Å². The molecule has 192 valence electrons. The van der Waals surface area contributed by atoms with E-state index in [1.54, 1.807) is 24.0 Å². The van der Waals surface area contributed by atoms with Gasteiger partial charge in [-0.15, -0.1) is 0 Å². The summed E-state index contributed by atoms with van der Waals surface area (Å²) < 4.78 is 15.6. The van der Waals surface area contributed by atoms with Crippen molar-refractivity contribution in [3.63, 3.8) is 0 Å². The average Bonchev–Trinajstić information content (AvgIpc) is 3.31. The number of benzene rings is 1. The lowest BCUT2D eigenvalue weighted by atomic mass is 9.48. The van der Waals surface area contributed by atoms with Crippen LogP contribution in [0.25, 0.3) is 11.1 Å². The lowest BCUT2D eigenvalue weighted by Crippen LogP contribution is -2.59. The van der Waals surface area contributed by atoms with Gasteiger partial charge in [-0.3, -0.25) is 4.79 Å². The Morgan fingerprint density at radius 1 is 1.32 bits per heavy atom. The quantitative estimate of drug-likeness (QED) is 0.615. The van der Waals surface area contributed by atoms with Gasteiger partial charge in [-0.25, -0.2) is 9.37 Å². The molecule has 1 aromatic carbocycles. The van der Waals surface area contributed by atoms with Gasteiger partial charge in [0.2, 0.25) is 5.91 Å². The summed E-state index contributed by atoms with van der Waals surface area (Å²) in [7, 11) is 0. The van der Waals surface area contributed by atoms with E-state index in [9.17, 15) is 15.2 Å². The minimum Gasteiger partial charge on any atom is -0.389 e. The third-order valence-electron chi connectivity index (χ3n) is 9.70. The van der Waals surface area contributed by atoms with Gasteiger partial charge >= 0.3 is 0 Å². The molecule has 3 aliphatic carbocycles. The van der Waals surface area contributed by atoms with Crippen LogP contribution in [0.3, 0.4) is 0 Å². The van der Waals surface area contributed by atoms with E-state index >= 15 is 4.39 Å². The van der Waals surface area contributed by atoms with E-state index in [2.05, 4.69) is 31.4 Å². The van der Waals surface area contributed by atoms with Crippen LogP contribution in [0.5, 0.6) is 0 Å². The fraction of sp³-hybridized carbons (Fsp3) is 0.500. The number of aromatic nitrogens is 1. The Bertz CT molecular complexity index is 1370. The molecule has 6 nitrogen and oxygen atoms in total. The van der Waals surface area contributed by atoms with Crippen molar-refractivity contribution in [2.45, 2.75) is 52.1 Å². The Hall–Kier alpha value is -3.24. The lowest BCUT2D eigenvalue weighted by molar-refractivity contribution is -0.136. The fourth-order valence-corrected chi connectivity index (χ4v) is 7.38. The molecule has 1 aromatic heterocycles. The molecule has 1 amide bonds. The number of nitriles is 1. The Morgan fingerprint density at radius 2 is 2.08 bits per heavy atom. The summed E-state index contributed by atoms with van der Waals surface area (Å²) in [5.74, 6) is 0.853. The second-order valence-electron chi connectivity index (χ2n) is 12.1. The van der Waals surface area contributed by atoms with Gasteiger partial charge in [0, 0.05) is 48.6 Å². The van der Waals surface area contributed by atoms with Crippen molar-refractivity contribution in [3.8, 4) is 17.2 Å². The first-order valence-electron chi connectivity index (χ1n) is 13.2.